The molecule has 140 valence electrons. The fraction of sp³-hybridized carbons (Fsp3) is 0.333. The molecule has 2 aromatic carbocycles. The molecule has 1 aliphatic heterocycles. The maximum Gasteiger partial charge on any atom is 0.251 e. The molecule has 27 heavy (non-hydrogen) atoms. The Morgan fingerprint density at radius 3 is 2.44 bits per heavy atom. The zero-order valence-corrected chi connectivity index (χ0v) is 16.6. The quantitative estimate of drug-likeness (QED) is 0.755. The maximum atomic E-state index is 12.4. The van der Waals surface area contributed by atoms with Crippen LogP contribution < -0.4 is 10.6 Å². The van der Waals surface area contributed by atoms with Gasteiger partial charge in [-0.2, -0.15) is 0 Å². The number of carbonyl (C=O) groups excluding carboxylic acids is 2. The van der Waals surface area contributed by atoms with E-state index in [1.165, 1.54) is 17.1 Å². The van der Waals surface area contributed by atoms with Crippen LogP contribution in [-0.2, 0) is 11.3 Å². The summed E-state index contributed by atoms with van der Waals surface area (Å²) in [6.07, 6.45) is 1.97. The molecular weight excluding hydrogens is 376 g/mol. The summed E-state index contributed by atoms with van der Waals surface area (Å²) in [4.78, 5) is 24.3. The average molecular weight is 399 g/mol. The van der Waals surface area contributed by atoms with E-state index in [1.54, 1.807) is 0 Å². The third-order valence-electron chi connectivity index (χ3n) is 4.66. The van der Waals surface area contributed by atoms with Gasteiger partial charge in [0.05, 0.1) is 4.58 Å². The predicted octanol–water partition coefficient (Wildman–Crippen LogP) is 4.44. The third-order valence-corrected chi connectivity index (χ3v) is 7.77. The lowest BCUT2D eigenvalue weighted by molar-refractivity contribution is -0.117. The first kappa shape index (κ1) is 18.4. The topological polar surface area (TPSA) is 58.2 Å². The van der Waals surface area contributed by atoms with E-state index in [9.17, 15) is 9.59 Å². The zero-order valence-electron chi connectivity index (χ0n) is 14.9. The Bertz CT molecular complexity index is 828. The first-order valence-electron chi connectivity index (χ1n) is 9.20. The third kappa shape index (κ3) is 4.87. The van der Waals surface area contributed by atoms with Gasteiger partial charge in [0.25, 0.3) is 5.91 Å². The normalized spacial score (nSPS) is 16.9. The summed E-state index contributed by atoms with van der Waals surface area (Å²) in [5.74, 6) is 2.57. The number of nitrogens with one attached hydrogen (secondary N) is 2. The second-order valence-electron chi connectivity index (χ2n) is 6.84. The Morgan fingerprint density at radius 2 is 1.74 bits per heavy atom. The van der Waals surface area contributed by atoms with Crippen LogP contribution in [0.3, 0.4) is 0 Å². The molecule has 2 N–H and O–H groups in total. The van der Waals surface area contributed by atoms with Gasteiger partial charge in [0, 0.05) is 35.2 Å². The van der Waals surface area contributed by atoms with Crippen LogP contribution in [0.2, 0.25) is 0 Å². The smallest absolute Gasteiger partial charge is 0.251 e. The highest BCUT2D eigenvalue weighted by atomic mass is 32.2. The molecule has 4 nitrogen and oxygen atoms in total. The number of rotatable bonds is 6. The van der Waals surface area contributed by atoms with Gasteiger partial charge in [-0.1, -0.05) is 24.3 Å². The molecule has 0 spiro atoms. The molecule has 2 aromatic rings. The molecule has 2 fully saturated rings. The molecule has 1 saturated heterocycles. The van der Waals surface area contributed by atoms with E-state index >= 15 is 0 Å². The Morgan fingerprint density at radius 1 is 1.00 bits per heavy atom. The van der Waals surface area contributed by atoms with Crippen molar-refractivity contribution in [3.8, 4) is 0 Å². The van der Waals surface area contributed by atoms with Crippen molar-refractivity contribution in [2.45, 2.75) is 24.0 Å². The van der Waals surface area contributed by atoms with Gasteiger partial charge in [-0.15, -0.1) is 23.5 Å². The van der Waals surface area contributed by atoms with Crippen molar-refractivity contribution in [1.82, 2.24) is 5.32 Å². The monoisotopic (exact) mass is 398 g/mol. The molecule has 0 bridgehead atoms. The molecule has 0 atom stereocenters. The molecule has 2 amide bonds. The summed E-state index contributed by atoms with van der Waals surface area (Å²) in [7, 11) is 0. The summed E-state index contributed by atoms with van der Waals surface area (Å²) < 4.78 is 0.496. The van der Waals surface area contributed by atoms with Gasteiger partial charge in [0.15, 0.2) is 0 Å². The number of carbonyl (C=O) groups is 2. The van der Waals surface area contributed by atoms with E-state index in [1.807, 2.05) is 59.9 Å². The summed E-state index contributed by atoms with van der Waals surface area (Å²) in [5.41, 5.74) is 3.70. The lowest BCUT2D eigenvalue weighted by Gasteiger charge is -2.10. The van der Waals surface area contributed by atoms with E-state index in [0.717, 1.165) is 24.1 Å². The number of thioether (sulfide) groups is 2. The summed E-state index contributed by atoms with van der Waals surface area (Å²) in [6.45, 7) is 0.433. The van der Waals surface area contributed by atoms with Crippen molar-refractivity contribution >= 4 is 41.0 Å². The van der Waals surface area contributed by atoms with Crippen LogP contribution in [0.25, 0.3) is 0 Å². The van der Waals surface area contributed by atoms with E-state index in [-0.39, 0.29) is 17.7 Å². The van der Waals surface area contributed by atoms with Crippen LogP contribution in [-0.4, -0.2) is 23.3 Å². The van der Waals surface area contributed by atoms with Crippen LogP contribution in [0.15, 0.2) is 48.5 Å². The summed E-state index contributed by atoms with van der Waals surface area (Å²) >= 11 is 3.92. The Labute approximate surface area is 167 Å². The molecule has 4 rings (SSSR count). The van der Waals surface area contributed by atoms with E-state index in [2.05, 4.69) is 22.8 Å². The number of hydrogen-bond acceptors (Lipinski definition) is 4. The minimum absolute atomic E-state index is 0.0827. The van der Waals surface area contributed by atoms with Crippen molar-refractivity contribution in [3.05, 3.63) is 65.2 Å². The van der Waals surface area contributed by atoms with Crippen LogP contribution >= 0.6 is 23.5 Å². The van der Waals surface area contributed by atoms with Crippen LogP contribution in [0.5, 0.6) is 0 Å². The maximum absolute atomic E-state index is 12.4. The standard InChI is InChI=1S/C21H22N2O2S2/c24-19(15-6-8-17(9-7-15)21-26-10-11-27-21)22-13-14-2-1-3-18(12-14)23-20(25)16-4-5-16/h1-3,6-9,12,16,21H,4-5,10-11,13H2,(H,22,24)(H,23,25). The minimum atomic E-state index is -0.0827. The molecular formula is C21H22N2O2S2. The molecule has 1 saturated carbocycles. The van der Waals surface area contributed by atoms with E-state index < -0.39 is 0 Å². The van der Waals surface area contributed by atoms with Crippen LogP contribution in [0, 0.1) is 5.92 Å². The van der Waals surface area contributed by atoms with Gasteiger partial charge in [0.1, 0.15) is 0 Å². The highest BCUT2D eigenvalue weighted by molar-refractivity contribution is 8.19. The lowest BCUT2D eigenvalue weighted by Crippen LogP contribution is -2.23. The Hall–Kier alpha value is -1.92. The molecule has 6 heteroatoms. The highest BCUT2D eigenvalue weighted by Gasteiger charge is 2.29. The van der Waals surface area contributed by atoms with Gasteiger partial charge >= 0.3 is 0 Å². The first-order chi connectivity index (χ1) is 13.2. The lowest BCUT2D eigenvalue weighted by atomic mass is 10.1. The van der Waals surface area contributed by atoms with Crippen molar-refractivity contribution in [3.63, 3.8) is 0 Å². The number of hydrogen-bond donors (Lipinski definition) is 2. The largest absolute Gasteiger partial charge is 0.348 e. The van der Waals surface area contributed by atoms with Gasteiger partial charge in [-0.05, 0) is 48.2 Å². The minimum Gasteiger partial charge on any atom is -0.348 e. The van der Waals surface area contributed by atoms with Crippen LogP contribution in [0.4, 0.5) is 5.69 Å². The summed E-state index contributed by atoms with van der Waals surface area (Å²) in [5, 5.41) is 5.90. The summed E-state index contributed by atoms with van der Waals surface area (Å²) in [6, 6.07) is 15.5. The van der Waals surface area contributed by atoms with Gasteiger partial charge in [-0.3, -0.25) is 9.59 Å². The fourth-order valence-electron chi connectivity index (χ4n) is 2.98. The van der Waals surface area contributed by atoms with Gasteiger partial charge < -0.3 is 10.6 Å². The second kappa shape index (κ2) is 8.40. The Balaban J connectivity index is 1.32. The van der Waals surface area contributed by atoms with Crippen molar-refractivity contribution in [1.29, 1.82) is 0 Å². The fourth-order valence-corrected chi connectivity index (χ4v) is 5.84. The first-order valence-corrected chi connectivity index (χ1v) is 11.3. The molecule has 0 aromatic heterocycles. The molecule has 1 heterocycles. The van der Waals surface area contributed by atoms with Gasteiger partial charge in [0.2, 0.25) is 5.91 Å². The molecule has 2 aliphatic rings. The molecule has 1 aliphatic carbocycles. The number of anilines is 1. The SMILES string of the molecule is O=C(NCc1cccc(NC(=O)C2CC2)c1)c1ccc(C2SCCS2)cc1. The predicted molar refractivity (Wildman–Crippen MR) is 113 cm³/mol. The van der Waals surface area contributed by atoms with Crippen LogP contribution in [0.1, 0.15) is 38.9 Å². The average Bonchev–Trinajstić information content (AvgIpc) is 3.41. The second-order valence-corrected chi connectivity index (χ2v) is 9.57. The number of benzene rings is 2. The van der Waals surface area contributed by atoms with Crippen molar-refractivity contribution < 1.29 is 9.59 Å². The zero-order chi connectivity index (χ0) is 18.6. The van der Waals surface area contributed by atoms with E-state index in [0.29, 0.717) is 16.7 Å². The molecule has 0 radical (unpaired) electrons. The number of amides is 2. The van der Waals surface area contributed by atoms with Crippen molar-refractivity contribution in [2.24, 2.45) is 5.92 Å². The molecule has 0 unspecified atom stereocenters. The van der Waals surface area contributed by atoms with Gasteiger partial charge in [-0.25, -0.2) is 0 Å². The van der Waals surface area contributed by atoms with E-state index in [4.69, 9.17) is 0 Å². The highest BCUT2D eigenvalue weighted by Crippen LogP contribution is 2.45. The van der Waals surface area contributed by atoms with Crippen molar-refractivity contribution in [2.75, 3.05) is 16.8 Å². The Kier molecular flexibility index (Phi) is 5.74.